The van der Waals surface area contributed by atoms with Crippen molar-refractivity contribution in [1.82, 2.24) is 0 Å². The summed E-state index contributed by atoms with van der Waals surface area (Å²) in [5.41, 5.74) is 10.9. The van der Waals surface area contributed by atoms with Crippen molar-refractivity contribution in [2.75, 3.05) is 0 Å². The summed E-state index contributed by atoms with van der Waals surface area (Å²) >= 11 is 0. The molecule has 12 aromatic rings. The Hall–Kier alpha value is -14.1. The van der Waals surface area contributed by atoms with E-state index in [9.17, 15) is 52.1 Å². The number of carbonyl (C=O) groups excluding carboxylic acids is 6. The molecule has 0 amide bonds. The van der Waals surface area contributed by atoms with Crippen LogP contribution in [0, 0.1) is 10.1 Å². The van der Waals surface area contributed by atoms with Gasteiger partial charge in [0.15, 0.2) is 0 Å². The molecule has 6 unspecified atom stereocenters. The molecule has 0 aliphatic rings. The quantitative estimate of drug-likeness (QED) is 0.00896. The number of non-ortho nitro benzene ring substituents is 1. The fraction of sp³-hybridized carbons (Fsp3) is 0.229. The van der Waals surface area contributed by atoms with E-state index in [0.717, 1.165) is 103 Å². The summed E-state index contributed by atoms with van der Waals surface area (Å²) in [6, 6.07) is 91.2. The zero-order valence-electron chi connectivity index (χ0n) is 72.4. The molecule has 0 bridgehead atoms. The molecule has 0 N–H and O–H groups in total. The number of ether oxygens (including phenoxy) is 6. The molecule has 6 atom stereocenters. The van der Waals surface area contributed by atoms with Crippen LogP contribution in [0.4, 0.5) is 18.9 Å². The molecule has 0 saturated carbocycles. The van der Waals surface area contributed by atoms with Crippen molar-refractivity contribution in [3.63, 3.8) is 0 Å². The van der Waals surface area contributed by atoms with Crippen LogP contribution in [-0.2, 0) is 27.0 Å². The summed E-state index contributed by atoms with van der Waals surface area (Å²) in [6.45, 7) is 15.2. The number of hydrogen-bond acceptors (Lipinski definition) is 14. The molecule has 127 heavy (non-hydrogen) atoms. The van der Waals surface area contributed by atoms with E-state index < -0.39 is 46.5 Å². The van der Waals surface area contributed by atoms with Crippen molar-refractivity contribution >= 4 is 59.7 Å². The Labute approximate surface area is 741 Å². The first-order valence-electron chi connectivity index (χ1n) is 43.0. The third kappa shape index (κ3) is 31.0. The number of nitrogens with zero attached hydrogens (tertiary/aromatic N) is 1. The Morgan fingerprint density at radius 3 is 0.866 bits per heavy atom. The molecule has 0 aliphatic heterocycles. The molecule has 15 nitrogen and oxygen atoms in total. The van der Waals surface area contributed by atoms with Crippen LogP contribution < -0.4 is 28.4 Å². The van der Waals surface area contributed by atoms with Crippen molar-refractivity contribution in [2.24, 2.45) is 0 Å². The predicted molar refractivity (Wildman–Crippen MR) is 494 cm³/mol. The lowest BCUT2D eigenvalue weighted by Crippen LogP contribution is -2.10. The highest BCUT2D eigenvalue weighted by molar-refractivity contribution is 5.93. The largest absolute Gasteiger partial charge is 0.423 e. The minimum absolute atomic E-state index is 0.0377. The minimum Gasteiger partial charge on any atom is -0.423 e. The highest BCUT2D eigenvalue weighted by atomic mass is 19.4. The van der Waals surface area contributed by atoms with Crippen molar-refractivity contribution in [1.29, 1.82) is 0 Å². The first-order chi connectivity index (χ1) is 61.4. The molecule has 0 saturated heterocycles. The average molecular weight is 1710 g/mol. The summed E-state index contributed by atoms with van der Waals surface area (Å²) in [6.07, 6.45) is 16.6. The van der Waals surface area contributed by atoms with Gasteiger partial charge in [-0.1, -0.05) is 244 Å². The lowest BCUT2D eigenvalue weighted by atomic mass is 9.84. The summed E-state index contributed by atoms with van der Waals surface area (Å²) in [5.74, 6) is 1.58. The number of halogens is 3. The first-order valence-corrected chi connectivity index (χ1v) is 43.0. The smallest absolute Gasteiger partial charge is 0.416 e. The maximum absolute atomic E-state index is 12.8. The number of unbranched alkanes of at least 4 members (excludes halogenated alkanes) is 3. The highest BCUT2D eigenvalue weighted by Gasteiger charge is 2.31. The predicted octanol–water partition coefficient (Wildman–Crippen LogP) is 27.7. The normalized spacial score (nSPS) is 12.6. The second-order valence-corrected chi connectivity index (χ2v) is 31.2. The van der Waals surface area contributed by atoms with Gasteiger partial charge in [-0.25, -0.2) is 28.8 Å². The third-order valence-corrected chi connectivity index (χ3v) is 22.0. The highest BCUT2D eigenvalue weighted by Crippen LogP contribution is 2.38. The molecule has 12 aromatic carbocycles. The van der Waals surface area contributed by atoms with Crippen LogP contribution in [0.3, 0.4) is 0 Å². The maximum atomic E-state index is 12.8. The van der Waals surface area contributed by atoms with Gasteiger partial charge in [0.25, 0.3) is 5.69 Å². The molecular formula is C109H106F3NO14. The molecule has 12 rings (SSSR count). The fourth-order valence-electron chi connectivity index (χ4n) is 14.5. The fourth-order valence-corrected chi connectivity index (χ4v) is 14.5. The number of esters is 6. The second-order valence-electron chi connectivity index (χ2n) is 31.2. The average Bonchev–Trinajstić information content (AvgIpc) is 0.822. The summed E-state index contributed by atoms with van der Waals surface area (Å²) in [5, 5.41) is 10.8. The zero-order valence-corrected chi connectivity index (χ0v) is 72.4. The van der Waals surface area contributed by atoms with E-state index in [-0.39, 0.29) is 40.5 Å². The van der Waals surface area contributed by atoms with Crippen LogP contribution in [0.2, 0.25) is 0 Å². The lowest BCUT2D eigenvalue weighted by Gasteiger charge is -2.21. The van der Waals surface area contributed by atoms with Gasteiger partial charge in [-0.3, -0.25) is 10.1 Å². The van der Waals surface area contributed by atoms with Crippen LogP contribution >= 0.6 is 0 Å². The van der Waals surface area contributed by atoms with Crippen molar-refractivity contribution in [2.45, 2.75) is 161 Å². The summed E-state index contributed by atoms with van der Waals surface area (Å²) in [7, 11) is 0. The molecule has 0 radical (unpaired) electrons. The number of benzene rings is 12. The lowest BCUT2D eigenvalue weighted by molar-refractivity contribution is -0.384. The van der Waals surface area contributed by atoms with Crippen molar-refractivity contribution in [3.8, 4) is 34.5 Å². The Bertz CT molecular complexity index is 5570. The van der Waals surface area contributed by atoms with Gasteiger partial charge in [0, 0.05) is 30.4 Å². The topological polar surface area (TPSA) is 201 Å². The monoisotopic (exact) mass is 1710 g/mol. The second kappa shape index (κ2) is 48.8. The van der Waals surface area contributed by atoms with Gasteiger partial charge in [-0.05, 0) is 282 Å². The molecule has 0 aliphatic carbocycles. The van der Waals surface area contributed by atoms with Crippen LogP contribution in [0.25, 0.3) is 18.2 Å². The molecule has 0 aromatic heterocycles. The van der Waals surface area contributed by atoms with Gasteiger partial charge in [0.2, 0.25) is 0 Å². The van der Waals surface area contributed by atoms with Crippen LogP contribution in [0.5, 0.6) is 34.5 Å². The van der Waals surface area contributed by atoms with Gasteiger partial charge in [0.1, 0.15) is 34.5 Å². The number of alkyl halides is 3. The molecule has 0 heterocycles. The van der Waals surface area contributed by atoms with E-state index in [1.54, 1.807) is 54.6 Å². The number of nitro groups is 1. The van der Waals surface area contributed by atoms with Gasteiger partial charge >= 0.3 is 42.0 Å². The van der Waals surface area contributed by atoms with Crippen LogP contribution in [0.1, 0.15) is 240 Å². The molecule has 0 spiro atoms. The minimum atomic E-state index is -4.47. The van der Waals surface area contributed by atoms with Gasteiger partial charge in [-0.2, -0.15) is 13.2 Å². The number of carbonyl (C=O) groups is 6. The Balaban J connectivity index is 0.000000199. The molecule has 652 valence electrons. The van der Waals surface area contributed by atoms with E-state index in [1.165, 1.54) is 90.4 Å². The summed E-state index contributed by atoms with van der Waals surface area (Å²) < 4.78 is 71.1. The van der Waals surface area contributed by atoms with Gasteiger partial charge in [0.05, 0.1) is 27.2 Å². The molecular weight excluding hydrogens is 1600 g/mol. The van der Waals surface area contributed by atoms with E-state index in [4.69, 9.17) is 28.4 Å². The third-order valence-electron chi connectivity index (χ3n) is 22.0. The SMILES string of the molecule is CCC(CC(C)c1ccc(OC(=O)c2ccc(C(F)(F)F)cc2)cc1)c1ccc(OC(=O)/C=C/c2ccccc2)cc1.CCC(CC(C)c1ccc(OC(=O)c2ccc([N+](=O)[O-])cc2)cc1)c1ccc(OC(=O)/C=C/c2ccccc2)cc1.CCCCCCc1ccc(C(=O)Oc2ccc(C(C)CC(CC)c3ccc(OC(=O)/C=C/c4ccccc4)cc3)cc2)cc1. The molecule has 18 heteroatoms. The van der Waals surface area contributed by atoms with Gasteiger partial charge < -0.3 is 28.4 Å². The standard InChI is InChI=1S/C40H44O4.C35H31F3O4.C34H31NO6/c1-4-6-7-9-14-32-15-18-36(19-16-32)40(42)44-38-24-20-34(21-25-38)30(3)29-33(5-2)35-22-26-37(27-23-35)43-39(41)28-17-31-12-10-8-11-13-31;1-3-26(28-14-20-31(21-15-28)41-33(39)22-9-25-7-5-4-6-8-25)23-24(2)27-12-18-32(19-13-27)42-34(40)29-10-16-30(17-11-29)35(36,37)38;1-3-26(28-14-20-31(21-15-28)40-33(36)22-9-25-7-5-4-6-8-25)23-24(2)27-12-18-32(19-13-27)41-34(37)29-10-16-30(17-11-29)35(38)39/h8,10-13,15-28,30,33H,4-7,9,14,29H2,1-3H3;4-22,24,26H,3,23H2,1-2H3;4-22,24,26H,3,23H2,1-2H3/b28-17+;2*22-9+. The summed E-state index contributed by atoms with van der Waals surface area (Å²) in [4.78, 5) is 84.4. The van der Waals surface area contributed by atoms with E-state index in [2.05, 4.69) is 48.5 Å². The Morgan fingerprint density at radius 1 is 0.331 bits per heavy atom. The Morgan fingerprint density at radius 2 is 0.598 bits per heavy atom. The van der Waals surface area contributed by atoms with Crippen LogP contribution in [0.15, 0.2) is 328 Å². The zero-order chi connectivity index (χ0) is 90.5. The van der Waals surface area contributed by atoms with E-state index >= 15 is 0 Å². The number of aryl methyl sites for hydroxylation is 1. The number of nitro benzene ring substituents is 1. The van der Waals surface area contributed by atoms with E-state index in [1.807, 2.05) is 224 Å². The number of hydrogen-bond donors (Lipinski definition) is 0. The number of rotatable bonds is 36. The first kappa shape index (κ1) is 95.1. The van der Waals surface area contributed by atoms with E-state index in [0.29, 0.717) is 57.8 Å². The van der Waals surface area contributed by atoms with Crippen molar-refractivity contribution in [3.05, 3.63) is 416 Å². The van der Waals surface area contributed by atoms with Crippen molar-refractivity contribution < 1.29 is 75.3 Å². The molecule has 0 fully saturated rings. The maximum Gasteiger partial charge on any atom is 0.416 e. The van der Waals surface area contributed by atoms with Gasteiger partial charge in [-0.15, -0.1) is 0 Å². The van der Waals surface area contributed by atoms with Crippen LogP contribution in [-0.4, -0.2) is 40.7 Å². The Kier molecular flexibility index (Phi) is 36.5.